The second-order valence-corrected chi connectivity index (χ2v) is 8.21. The summed E-state index contributed by atoms with van der Waals surface area (Å²) in [7, 11) is 0. The molecule has 0 bridgehead atoms. The van der Waals surface area contributed by atoms with Crippen LogP contribution in [0.4, 0.5) is 0 Å². The first-order chi connectivity index (χ1) is 14.0. The van der Waals surface area contributed by atoms with Crippen LogP contribution in [0.25, 0.3) is 0 Å². The first kappa shape index (κ1) is 21.9. The summed E-state index contributed by atoms with van der Waals surface area (Å²) in [6, 6.07) is 20.0. The van der Waals surface area contributed by atoms with E-state index in [9.17, 15) is 10.2 Å². The third-order valence-electron chi connectivity index (χ3n) is 5.75. The van der Waals surface area contributed by atoms with Crippen molar-refractivity contribution < 1.29 is 24.4 Å². The average Bonchev–Trinajstić information content (AvgIpc) is 2.74. The van der Waals surface area contributed by atoms with Crippen LogP contribution in [0.5, 0.6) is 0 Å². The standard InChI is InChI=1S/C24H32O5/c1-23(13-14-27-16-19-9-5-3-6-10-19)22(15-21(26)24(2,18-25)29-23)28-17-20-11-7-4-8-12-20/h3-12,21-22,25-26H,13-18H2,1-2H3/t21-,22+,23-,24+/m0/s1. The van der Waals surface area contributed by atoms with Gasteiger partial charge in [0.1, 0.15) is 5.60 Å². The number of hydrogen-bond acceptors (Lipinski definition) is 5. The van der Waals surface area contributed by atoms with Gasteiger partial charge in [-0.25, -0.2) is 0 Å². The maximum absolute atomic E-state index is 10.6. The molecule has 0 amide bonds. The topological polar surface area (TPSA) is 68.2 Å². The third-order valence-corrected chi connectivity index (χ3v) is 5.75. The summed E-state index contributed by atoms with van der Waals surface area (Å²) in [6.07, 6.45) is -0.107. The van der Waals surface area contributed by atoms with Crippen LogP contribution >= 0.6 is 0 Å². The van der Waals surface area contributed by atoms with Crippen LogP contribution in [-0.4, -0.2) is 46.8 Å². The fourth-order valence-corrected chi connectivity index (χ4v) is 3.77. The zero-order valence-corrected chi connectivity index (χ0v) is 17.3. The van der Waals surface area contributed by atoms with Gasteiger partial charge in [-0.05, 0) is 25.0 Å². The monoisotopic (exact) mass is 400 g/mol. The van der Waals surface area contributed by atoms with Gasteiger partial charge in [-0.15, -0.1) is 0 Å². The summed E-state index contributed by atoms with van der Waals surface area (Å²) in [5, 5.41) is 20.4. The number of ether oxygens (including phenoxy) is 3. The van der Waals surface area contributed by atoms with Crippen molar-refractivity contribution in [1.82, 2.24) is 0 Å². The van der Waals surface area contributed by atoms with Crippen molar-refractivity contribution in [3.63, 3.8) is 0 Å². The van der Waals surface area contributed by atoms with Crippen molar-refractivity contribution >= 4 is 0 Å². The van der Waals surface area contributed by atoms with Gasteiger partial charge >= 0.3 is 0 Å². The third kappa shape index (κ3) is 5.65. The summed E-state index contributed by atoms with van der Waals surface area (Å²) in [4.78, 5) is 0. The van der Waals surface area contributed by atoms with E-state index in [4.69, 9.17) is 14.2 Å². The summed E-state index contributed by atoms with van der Waals surface area (Å²) in [5.74, 6) is 0. The first-order valence-corrected chi connectivity index (χ1v) is 10.2. The Kier molecular flexibility index (Phi) is 7.44. The lowest BCUT2D eigenvalue weighted by Crippen LogP contribution is -2.62. The Balaban J connectivity index is 1.63. The molecule has 3 rings (SSSR count). The summed E-state index contributed by atoms with van der Waals surface area (Å²) < 4.78 is 18.3. The van der Waals surface area contributed by atoms with E-state index in [2.05, 4.69) is 0 Å². The molecule has 0 saturated carbocycles. The number of hydrogen-bond donors (Lipinski definition) is 2. The number of rotatable bonds is 9. The van der Waals surface area contributed by atoms with Gasteiger partial charge < -0.3 is 24.4 Å². The predicted octanol–water partition coefficient (Wildman–Crippen LogP) is 3.47. The van der Waals surface area contributed by atoms with Gasteiger partial charge in [0.15, 0.2) is 0 Å². The van der Waals surface area contributed by atoms with Crippen LogP contribution in [0.15, 0.2) is 60.7 Å². The largest absolute Gasteiger partial charge is 0.393 e. The molecule has 5 heteroatoms. The van der Waals surface area contributed by atoms with Crippen molar-refractivity contribution in [1.29, 1.82) is 0 Å². The van der Waals surface area contributed by atoms with E-state index in [0.717, 1.165) is 11.1 Å². The summed E-state index contributed by atoms with van der Waals surface area (Å²) >= 11 is 0. The van der Waals surface area contributed by atoms with Gasteiger partial charge in [0, 0.05) is 19.4 Å². The minimum absolute atomic E-state index is 0.250. The molecule has 1 fully saturated rings. The molecular formula is C24H32O5. The van der Waals surface area contributed by atoms with Crippen molar-refractivity contribution in [2.45, 2.75) is 63.3 Å². The predicted molar refractivity (Wildman–Crippen MR) is 111 cm³/mol. The normalized spacial score (nSPS) is 29.7. The smallest absolute Gasteiger partial charge is 0.115 e. The van der Waals surface area contributed by atoms with Crippen LogP contribution in [-0.2, 0) is 27.4 Å². The Labute approximate surface area is 173 Å². The highest BCUT2D eigenvalue weighted by molar-refractivity contribution is 5.14. The average molecular weight is 401 g/mol. The van der Waals surface area contributed by atoms with Gasteiger partial charge in [0.25, 0.3) is 0 Å². The second-order valence-electron chi connectivity index (χ2n) is 8.21. The van der Waals surface area contributed by atoms with Crippen molar-refractivity contribution in [3.05, 3.63) is 71.8 Å². The minimum atomic E-state index is -1.01. The van der Waals surface area contributed by atoms with E-state index in [-0.39, 0.29) is 12.7 Å². The molecule has 0 aromatic heterocycles. The highest BCUT2D eigenvalue weighted by atomic mass is 16.6. The molecule has 1 heterocycles. The SMILES string of the molecule is C[C@]1(CO)O[C@@](C)(CCOCc2ccccc2)[C@H](OCc2ccccc2)C[C@@H]1O. The Morgan fingerprint density at radius 1 is 0.931 bits per heavy atom. The van der Waals surface area contributed by atoms with Crippen LogP contribution in [0, 0.1) is 0 Å². The maximum Gasteiger partial charge on any atom is 0.115 e. The zero-order valence-electron chi connectivity index (χ0n) is 17.3. The highest BCUT2D eigenvalue weighted by Crippen LogP contribution is 2.39. The lowest BCUT2D eigenvalue weighted by molar-refractivity contribution is -0.286. The summed E-state index contributed by atoms with van der Waals surface area (Å²) in [5.41, 5.74) is 0.498. The molecule has 1 aliphatic rings. The van der Waals surface area contributed by atoms with Crippen molar-refractivity contribution in [2.24, 2.45) is 0 Å². The lowest BCUT2D eigenvalue weighted by atomic mass is 9.81. The maximum atomic E-state index is 10.6. The van der Waals surface area contributed by atoms with Gasteiger partial charge in [-0.3, -0.25) is 0 Å². The Morgan fingerprint density at radius 2 is 1.52 bits per heavy atom. The molecule has 0 radical (unpaired) electrons. The van der Waals surface area contributed by atoms with Crippen LogP contribution in [0.3, 0.4) is 0 Å². The zero-order chi connectivity index (χ0) is 20.7. The molecule has 0 spiro atoms. The van der Waals surface area contributed by atoms with Gasteiger partial charge in [0.2, 0.25) is 0 Å². The van der Waals surface area contributed by atoms with Crippen LogP contribution in [0.1, 0.15) is 37.8 Å². The van der Waals surface area contributed by atoms with Crippen LogP contribution in [0.2, 0.25) is 0 Å². The molecule has 4 atom stereocenters. The van der Waals surface area contributed by atoms with Gasteiger partial charge in [-0.1, -0.05) is 60.7 Å². The van der Waals surface area contributed by atoms with Crippen molar-refractivity contribution in [3.8, 4) is 0 Å². The van der Waals surface area contributed by atoms with Crippen LogP contribution < -0.4 is 0 Å². The Bertz CT molecular complexity index is 737. The molecule has 29 heavy (non-hydrogen) atoms. The van der Waals surface area contributed by atoms with E-state index in [1.165, 1.54) is 0 Å². The fourth-order valence-electron chi connectivity index (χ4n) is 3.77. The van der Waals surface area contributed by atoms with E-state index < -0.39 is 17.3 Å². The van der Waals surface area contributed by atoms with E-state index >= 15 is 0 Å². The quantitative estimate of drug-likeness (QED) is 0.631. The summed E-state index contributed by atoms with van der Waals surface area (Å²) in [6.45, 7) is 4.95. The van der Waals surface area contributed by atoms with Gasteiger partial charge in [0.05, 0.1) is 37.6 Å². The number of aliphatic hydroxyl groups excluding tert-OH is 2. The lowest BCUT2D eigenvalue weighted by Gasteiger charge is -2.51. The Morgan fingerprint density at radius 3 is 2.10 bits per heavy atom. The van der Waals surface area contributed by atoms with E-state index in [0.29, 0.717) is 32.7 Å². The molecule has 1 saturated heterocycles. The molecule has 158 valence electrons. The minimum Gasteiger partial charge on any atom is -0.393 e. The fraction of sp³-hybridized carbons (Fsp3) is 0.500. The molecule has 2 aromatic carbocycles. The molecule has 0 unspecified atom stereocenters. The molecule has 0 aliphatic carbocycles. The molecular weight excluding hydrogens is 368 g/mol. The molecule has 5 nitrogen and oxygen atoms in total. The number of aliphatic hydroxyl groups is 2. The second kappa shape index (κ2) is 9.83. The number of benzene rings is 2. The molecule has 2 aromatic rings. The van der Waals surface area contributed by atoms with Crippen molar-refractivity contribution in [2.75, 3.05) is 13.2 Å². The molecule has 1 aliphatic heterocycles. The van der Waals surface area contributed by atoms with E-state index in [1.54, 1.807) is 6.92 Å². The van der Waals surface area contributed by atoms with Gasteiger partial charge in [-0.2, -0.15) is 0 Å². The molecule has 2 N–H and O–H groups in total. The first-order valence-electron chi connectivity index (χ1n) is 10.2. The Hall–Kier alpha value is -1.76. The van der Waals surface area contributed by atoms with E-state index in [1.807, 2.05) is 67.6 Å². The highest BCUT2D eigenvalue weighted by Gasteiger charge is 2.51.